The van der Waals surface area contributed by atoms with Gasteiger partial charge in [-0.2, -0.15) is 5.10 Å². The van der Waals surface area contributed by atoms with Gasteiger partial charge in [0.15, 0.2) is 5.76 Å². The Hall–Kier alpha value is -2.60. The van der Waals surface area contributed by atoms with Gasteiger partial charge in [0.2, 0.25) is 6.79 Å². The topological polar surface area (TPSA) is 65.7 Å². The van der Waals surface area contributed by atoms with Crippen molar-refractivity contribution in [2.24, 2.45) is 12.0 Å². The van der Waals surface area contributed by atoms with Crippen molar-refractivity contribution < 1.29 is 14.3 Å². The van der Waals surface area contributed by atoms with Crippen LogP contribution in [0.2, 0.25) is 5.02 Å². The van der Waals surface area contributed by atoms with E-state index >= 15 is 0 Å². The summed E-state index contributed by atoms with van der Waals surface area (Å²) in [5.74, 6) is 0.219. The molecule has 0 aliphatic carbocycles. The minimum absolute atomic E-state index is 0.0494. The summed E-state index contributed by atoms with van der Waals surface area (Å²) in [5.41, 5.74) is 4.46. The summed E-state index contributed by atoms with van der Waals surface area (Å²) in [4.78, 5) is 16.2. The van der Waals surface area contributed by atoms with Gasteiger partial charge >= 0.3 is 5.97 Å². The lowest BCUT2D eigenvalue weighted by Gasteiger charge is -2.20. The van der Waals surface area contributed by atoms with Gasteiger partial charge < -0.3 is 9.47 Å². The van der Waals surface area contributed by atoms with E-state index in [0.29, 0.717) is 28.6 Å². The number of halogens is 1. The van der Waals surface area contributed by atoms with E-state index in [1.54, 1.807) is 4.68 Å². The zero-order valence-corrected chi connectivity index (χ0v) is 19.8. The first-order valence-electron chi connectivity index (χ1n) is 10.5. The van der Waals surface area contributed by atoms with Crippen LogP contribution in [0.1, 0.15) is 63.1 Å². The number of hydrogen-bond acceptors (Lipinski definition) is 5. The van der Waals surface area contributed by atoms with E-state index in [1.807, 2.05) is 27.1 Å². The quantitative estimate of drug-likeness (QED) is 0.314. The molecule has 31 heavy (non-hydrogen) atoms. The van der Waals surface area contributed by atoms with Gasteiger partial charge in [-0.15, -0.1) is 0 Å². The zero-order chi connectivity index (χ0) is 22.8. The second-order valence-electron chi connectivity index (χ2n) is 8.71. The maximum absolute atomic E-state index is 11.8. The number of carbonyl (C=O) groups is 1. The van der Waals surface area contributed by atoms with Crippen LogP contribution in [0, 0.1) is 6.92 Å². The fourth-order valence-electron chi connectivity index (χ4n) is 3.36. The van der Waals surface area contributed by atoms with Crippen molar-refractivity contribution >= 4 is 35.1 Å². The van der Waals surface area contributed by atoms with Gasteiger partial charge in [-0.3, -0.25) is 14.5 Å². The van der Waals surface area contributed by atoms with Gasteiger partial charge in [-0.25, -0.2) is 0 Å². The number of aryl methyl sites for hydroxylation is 2. The molecule has 1 unspecified atom stereocenters. The summed E-state index contributed by atoms with van der Waals surface area (Å²) in [6, 6.07) is 8.26. The number of ether oxygens (including phenoxy) is 2. The average Bonchev–Trinajstić information content (AvgIpc) is 3.49. The van der Waals surface area contributed by atoms with E-state index in [9.17, 15) is 4.79 Å². The predicted octanol–water partition coefficient (Wildman–Crippen LogP) is 5.32. The molecule has 1 aliphatic rings. The van der Waals surface area contributed by atoms with Gasteiger partial charge in [0.05, 0.1) is 10.7 Å². The average molecular weight is 444 g/mol. The Morgan fingerprint density at radius 1 is 1.19 bits per heavy atom. The van der Waals surface area contributed by atoms with Crippen molar-refractivity contribution in [3.8, 4) is 0 Å². The van der Waals surface area contributed by atoms with Crippen molar-refractivity contribution in [2.45, 2.75) is 58.9 Å². The van der Waals surface area contributed by atoms with Crippen LogP contribution >= 0.6 is 11.6 Å². The minimum Gasteiger partial charge on any atom is -0.455 e. The monoisotopic (exact) mass is 443 g/mol. The van der Waals surface area contributed by atoms with Crippen LogP contribution in [0.4, 0.5) is 0 Å². The molecule has 0 saturated heterocycles. The second-order valence-corrected chi connectivity index (χ2v) is 9.09. The fraction of sp³-hybridized carbons (Fsp3) is 0.458. The normalized spacial score (nSPS) is 16.2. The molecule has 2 heterocycles. The fourth-order valence-corrected chi connectivity index (χ4v) is 3.61. The Balaban J connectivity index is 2.05. The van der Waals surface area contributed by atoms with Crippen molar-refractivity contribution in [1.82, 2.24) is 9.78 Å². The van der Waals surface area contributed by atoms with E-state index in [2.05, 4.69) is 55.1 Å². The molecule has 1 aliphatic heterocycles. The number of aromatic nitrogens is 2. The van der Waals surface area contributed by atoms with Crippen LogP contribution in [-0.4, -0.2) is 34.8 Å². The SMILES string of the molecule is CCCC(=O)OCO/C(=C(\c1ccc(C(C)(C)C)cc1)C1C=N1)c1c(Cl)c(C)nn1C. The molecule has 0 bridgehead atoms. The lowest BCUT2D eigenvalue weighted by Crippen LogP contribution is -2.13. The minimum atomic E-state index is -0.298. The zero-order valence-electron chi connectivity index (χ0n) is 19.0. The highest BCUT2D eigenvalue weighted by Gasteiger charge is 2.30. The Labute approximate surface area is 188 Å². The number of carbonyl (C=O) groups excluding carboxylic acids is 1. The highest BCUT2D eigenvalue weighted by Crippen LogP contribution is 2.38. The summed E-state index contributed by atoms with van der Waals surface area (Å²) < 4.78 is 13.0. The molecule has 0 saturated carbocycles. The lowest BCUT2D eigenvalue weighted by atomic mass is 9.86. The summed E-state index contributed by atoms with van der Waals surface area (Å²) in [5, 5.41) is 4.93. The Morgan fingerprint density at radius 3 is 2.32 bits per heavy atom. The van der Waals surface area contributed by atoms with Crippen LogP contribution in [0.15, 0.2) is 29.3 Å². The van der Waals surface area contributed by atoms with Gasteiger partial charge in [-0.05, 0) is 29.9 Å². The number of nitrogens with zero attached hydrogens (tertiary/aromatic N) is 3. The first-order valence-corrected chi connectivity index (χ1v) is 10.9. The Kier molecular flexibility index (Phi) is 6.90. The highest BCUT2D eigenvalue weighted by atomic mass is 35.5. The van der Waals surface area contributed by atoms with Crippen LogP contribution in [0.3, 0.4) is 0 Å². The molecule has 1 atom stereocenters. The lowest BCUT2D eigenvalue weighted by molar-refractivity contribution is -0.151. The summed E-state index contributed by atoms with van der Waals surface area (Å²) in [6.07, 6.45) is 2.92. The molecule has 6 nitrogen and oxygen atoms in total. The molecule has 166 valence electrons. The number of benzene rings is 1. The van der Waals surface area contributed by atoms with E-state index in [-0.39, 0.29) is 24.2 Å². The van der Waals surface area contributed by atoms with Gasteiger partial charge in [0, 0.05) is 25.3 Å². The van der Waals surface area contributed by atoms with Crippen molar-refractivity contribution in [3.63, 3.8) is 0 Å². The first kappa shape index (κ1) is 23.1. The van der Waals surface area contributed by atoms with E-state index in [4.69, 9.17) is 21.1 Å². The molecule has 0 radical (unpaired) electrons. The molecule has 1 aromatic heterocycles. The van der Waals surface area contributed by atoms with Gasteiger partial charge in [0.1, 0.15) is 11.7 Å². The molecule has 3 rings (SSSR count). The summed E-state index contributed by atoms with van der Waals surface area (Å²) in [6.45, 7) is 10.1. The van der Waals surface area contributed by atoms with Crippen LogP contribution in [-0.2, 0) is 26.7 Å². The van der Waals surface area contributed by atoms with Gasteiger partial charge in [-0.1, -0.05) is 63.6 Å². The van der Waals surface area contributed by atoms with E-state index < -0.39 is 0 Å². The van der Waals surface area contributed by atoms with Crippen LogP contribution in [0.5, 0.6) is 0 Å². The molecule has 0 spiro atoms. The standard InChI is InChI=1S/C24H30ClN3O3/c1-7-8-19(29)30-14-31-23(22-21(25)15(2)27-28(22)6)20(18-13-26-18)16-9-11-17(12-10-16)24(3,4)5/h9-13,18H,7-8,14H2,1-6H3/b23-20+. The first-order chi connectivity index (χ1) is 14.6. The van der Waals surface area contributed by atoms with Crippen LogP contribution < -0.4 is 0 Å². The Morgan fingerprint density at radius 2 is 1.84 bits per heavy atom. The van der Waals surface area contributed by atoms with Crippen LogP contribution in [0.25, 0.3) is 11.3 Å². The predicted molar refractivity (Wildman–Crippen MR) is 124 cm³/mol. The van der Waals surface area contributed by atoms with E-state index in [0.717, 1.165) is 17.6 Å². The maximum Gasteiger partial charge on any atom is 0.308 e. The van der Waals surface area contributed by atoms with Crippen molar-refractivity contribution in [3.05, 3.63) is 51.8 Å². The third-order valence-electron chi connectivity index (χ3n) is 5.14. The van der Waals surface area contributed by atoms with Crippen molar-refractivity contribution in [1.29, 1.82) is 0 Å². The molecule has 7 heteroatoms. The second kappa shape index (κ2) is 9.27. The maximum atomic E-state index is 11.8. The number of rotatable bonds is 8. The van der Waals surface area contributed by atoms with Gasteiger partial charge in [0.25, 0.3) is 0 Å². The molecular weight excluding hydrogens is 414 g/mol. The smallest absolute Gasteiger partial charge is 0.308 e. The molecule has 0 N–H and O–H groups in total. The third kappa shape index (κ3) is 5.37. The summed E-state index contributed by atoms with van der Waals surface area (Å²) in [7, 11) is 1.81. The molecular formula is C24H30ClN3O3. The number of aliphatic imine (C=N–C) groups is 1. The number of hydrogen-bond donors (Lipinski definition) is 0. The molecule has 0 fully saturated rings. The largest absolute Gasteiger partial charge is 0.455 e. The van der Waals surface area contributed by atoms with E-state index in [1.165, 1.54) is 5.56 Å². The number of esters is 1. The molecule has 2 aromatic rings. The summed E-state index contributed by atoms with van der Waals surface area (Å²) >= 11 is 6.60. The highest BCUT2D eigenvalue weighted by molar-refractivity contribution is 6.33. The van der Waals surface area contributed by atoms with Crippen molar-refractivity contribution in [2.75, 3.05) is 6.79 Å². The third-order valence-corrected chi connectivity index (χ3v) is 5.59. The Bertz CT molecular complexity index is 1010. The molecule has 0 amide bonds. The molecule has 1 aromatic carbocycles.